The highest BCUT2D eigenvalue weighted by Crippen LogP contribution is 2.25. The summed E-state index contributed by atoms with van der Waals surface area (Å²) in [5.74, 6) is 0. The summed E-state index contributed by atoms with van der Waals surface area (Å²) in [6.45, 7) is 2.15. The molecule has 7 heteroatoms. The normalized spacial score (nSPS) is 12.3. The summed E-state index contributed by atoms with van der Waals surface area (Å²) >= 11 is 6.00. The van der Waals surface area contributed by atoms with Gasteiger partial charge in [-0.25, -0.2) is 18.6 Å². The fourth-order valence-electron chi connectivity index (χ4n) is 1.82. The standard InChI is InChI=1S/C13H9ClI.ClHO4/c1-8-2-5-12-11(6-8)10-4-3-9(14)7-13(10)15-12;2-1(3,4)5/h2-7H,1H3;(H,2,3,4,5)/q+1;/p-1. The van der Waals surface area contributed by atoms with Crippen LogP contribution in [0.25, 0.3) is 11.1 Å². The first-order chi connectivity index (χ1) is 9.24. The van der Waals surface area contributed by atoms with Gasteiger partial charge in [-0.05, 0) is 31.2 Å². The van der Waals surface area contributed by atoms with Gasteiger partial charge in [0.2, 0.25) is 7.14 Å². The van der Waals surface area contributed by atoms with E-state index in [9.17, 15) is 0 Å². The maximum absolute atomic E-state index is 8.49. The molecule has 106 valence electrons. The molecule has 0 aromatic heterocycles. The topological polar surface area (TPSA) is 92.2 Å². The Morgan fingerprint density at radius 3 is 2.20 bits per heavy atom. The van der Waals surface area contributed by atoms with Crippen molar-refractivity contribution in [2.24, 2.45) is 0 Å². The van der Waals surface area contributed by atoms with Crippen LogP contribution in [0.2, 0.25) is 5.02 Å². The van der Waals surface area contributed by atoms with Crippen LogP contribution in [0.5, 0.6) is 0 Å². The first-order valence-electron chi connectivity index (χ1n) is 5.41. The maximum atomic E-state index is 8.49. The minimum atomic E-state index is -4.94. The molecule has 0 bridgehead atoms. The lowest BCUT2D eigenvalue weighted by Crippen LogP contribution is -3.61. The highest BCUT2D eigenvalue weighted by Gasteiger charge is 2.33. The monoisotopic (exact) mass is 426 g/mol. The molecular weight excluding hydrogens is 418 g/mol. The summed E-state index contributed by atoms with van der Waals surface area (Å²) in [6, 6.07) is 13.0. The molecule has 0 aliphatic carbocycles. The predicted molar refractivity (Wildman–Crippen MR) is 59.0 cm³/mol. The van der Waals surface area contributed by atoms with Crippen molar-refractivity contribution in [3.8, 4) is 11.1 Å². The molecule has 2 aromatic rings. The molecule has 1 heterocycles. The molecular formula is C13H9Cl2IO4. The number of rotatable bonds is 0. The van der Waals surface area contributed by atoms with E-state index in [4.69, 9.17) is 30.2 Å². The molecule has 0 N–H and O–H groups in total. The highest BCUT2D eigenvalue weighted by molar-refractivity contribution is 6.30. The fraction of sp³-hybridized carbons (Fsp3) is 0.0769. The second-order valence-corrected chi connectivity index (χ2v) is 8.14. The summed E-state index contributed by atoms with van der Waals surface area (Å²) in [5, 5.41) is 0.859. The maximum Gasteiger partial charge on any atom is 0.359 e. The molecule has 0 fully saturated rings. The van der Waals surface area contributed by atoms with Crippen molar-refractivity contribution in [2.45, 2.75) is 6.92 Å². The van der Waals surface area contributed by atoms with Crippen molar-refractivity contribution in [2.75, 3.05) is 0 Å². The van der Waals surface area contributed by atoms with E-state index < -0.39 is 10.2 Å². The lowest BCUT2D eigenvalue weighted by atomic mass is 10.0. The van der Waals surface area contributed by atoms with Crippen molar-refractivity contribution in [3.05, 3.63) is 54.1 Å². The first kappa shape index (κ1) is 16.0. The molecule has 4 nitrogen and oxygen atoms in total. The highest BCUT2D eigenvalue weighted by atomic mass is 127. The molecule has 0 amide bonds. The molecule has 0 saturated heterocycles. The Balaban J connectivity index is 0.000000257. The van der Waals surface area contributed by atoms with Crippen LogP contribution >= 0.6 is 11.6 Å². The van der Waals surface area contributed by atoms with Crippen LogP contribution in [0.3, 0.4) is 0 Å². The van der Waals surface area contributed by atoms with Crippen LogP contribution in [-0.4, -0.2) is 0 Å². The minimum absolute atomic E-state index is 0.0112. The molecule has 0 radical (unpaired) electrons. The fourth-order valence-corrected chi connectivity index (χ4v) is 5.15. The van der Waals surface area contributed by atoms with E-state index in [1.54, 1.807) is 0 Å². The van der Waals surface area contributed by atoms with E-state index in [1.807, 2.05) is 6.07 Å². The zero-order valence-electron chi connectivity index (χ0n) is 10.2. The van der Waals surface area contributed by atoms with E-state index >= 15 is 0 Å². The van der Waals surface area contributed by atoms with Crippen molar-refractivity contribution in [1.82, 2.24) is 0 Å². The molecule has 0 atom stereocenters. The van der Waals surface area contributed by atoms with Crippen LogP contribution in [0, 0.1) is 24.3 Å². The number of halogens is 3. The molecule has 0 unspecified atom stereocenters. The van der Waals surface area contributed by atoms with Gasteiger partial charge in [-0.2, -0.15) is 0 Å². The van der Waals surface area contributed by atoms with Crippen LogP contribution in [0.1, 0.15) is 5.56 Å². The van der Waals surface area contributed by atoms with Gasteiger partial charge in [-0.3, -0.25) is 0 Å². The first-order valence-corrected chi connectivity index (χ1v) is 9.18. The van der Waals surface area contributed by atoms with Crippen LogP contribution in [0.15, 0.2) is 36.4 Å². The molecule has 3 rings (SSSR count). The number of hydrogen-bond acceptors (Lipinski definition) is 4. The zero-order chi connectivity index (χ0) is 14.9. The van der Waals surface area contributed by atoms with Gasteiger partial charge < -0.3 is 0 Å². The van der Waals surface area contributed by atoms with Gasteiger partial charge in [0, 0.05) is 22.2 Å². The number of aryl methyl sites for hydroxylation is 1. The zero-order valence-corrected chi connectivity index (χ0v) is 13.9. The van der Waals surface area contributed by atoms with Gasteiger partial charge in [0.05, 0.1) is 0 Å². The number of benzene rings is 2. The van der Waals surface area contributed by atoms with Crippen molar-refractivity contribution >= 4 is 11.6 Å². The smallest absolute Gasteiger partial charge is 0.222 e. The van der Waals surface area contributed by atoms with Gasteiger partial charge in [-0.15, -0.1) is 10.2 Å². The van der Waals surface area contributed by atoms with Gasteiger partial charge in [-0.1, -0.05) is 23.2 Å². The third kappa shape index (κ3) is 4.29. The molecule has 1 aliphatic heterocycles. The van der Waals surface area contributed by atoms with Gasteiger partial charge in [0.25, 0.3) is 0 Å². The quantitative estimate of drug-likeness (QED) is 0.342. The van der Waals surface area contributed by atoms with Gasteiger partial charge in [0.15, 0.2) is 0 Å². The summed E-state index contributed by atoms with van der Waals surface area (Å²) in [4.78, 5) is 0. The Morgan fingerprint density at radius 1 is 0.900 bits per heavy atom. The second kappa shape index (κ2) is 6.15. The van der Waals surface area contributed by atoms with Gasteiger partial charge in [0.1, 0.15) is 0 Å². The lowest BCUT2D eigenvalue weighted by Gasteiger charge is -2.17. The predicted octanol–water partition coefficient (Wildman–Crippen LogP) is -4.00. The number of hydrogen-bond donors (Lipinski definition) is 0. The Labute approximate surface area is 133 Å². The lowest BCUT2D eigenvalue weighted by molar-refractivity contribution is -2.00. The third-order valence-corrected chi connectivity index (χ3v) is 5.78. The Kier molecular flexibility index (Phi) is 4.91. The minimum Gasteiger partial charge on any atom is -0.222 e. The molecule has 2 aromatic carbocycles. The summed E-state index contributed by atoms with van der Waals surface area (Å²) < 4.78 is 37.0. The van der Waals surface area contributed by atoms with E-state index in [0.717, 1.165) is 5.02 Å². The van der Waals surface area contributed by atoms with E-state index in [2.05, 4.69) is 37.3 Å². The van der Waals surface area contributed by atoms with Crippen LogP contribution in [0.4, 0.5) is 0 Å². The number of fused-ring (bicyclic) bond motifs is 3. The molecule has 20 heavy (non-hydrogen) atoms. The average molecular weight is 427 g/mol. The Hall–Kier alpha value is -0.410. The van der Waals surface area contributed by atoms with Crippen molar-refractivity contribution in [3.63, 3.8) is 0 Å². The van der Waals surface area contributed by atoms with E-state index in [-0.39, 0.29) is 21.2 Å². The van der Waals surface area contributed by atoms with Crippen LogP contribution < -0.4 is 39.8 Å². The second-order valence-electron chi connectivity index (χ2n) is 4.08. The summed E-state index contributed by atoms with van der Waals surface area (Å²) in [5.41, 5.74) is 4.15. The third-order valence-electron chi connectivity index (χ3n) is 2.55. The molecule has 0 saturated carbocycles. The van der Waals surface area contributed by atoms with Crippen molar-refractivity contribution in [1.29, 1.82) is 0 Å². The van der Waals surface area contributed by atoms with Crippen molar-refractivity contribution < 1.29 is 50.1 Å². The van der Waals surface area contributed by atoms with E-state index in [0.29, 0.717) is 0 Å². The molecule has 1 aliphatic rings. The molecule has 0 spiro atoms. The summed E-state index contributed by atoms with van der Waals surface area (Å²) in [6.07, 6.45) is 0. The van der Waals surface area contributed by atoms with Crippen LogP contribution in [-0.2, 0) is 0 Å². The average Bonchev–Trinajstić information content (AvgIpc) is 2.63. The SMILES string of the molecule is Cc1ccc2c(c1)-c1ccc(Cl)cc1[I+]2.[O-][Cl+3]([O-])([O-])[O-]. The Bertz CT molecular complexity index is 635. The largest absolute Gasteiger partial charge is 0.359 e. The Morgan fingerprint density at radius 2 is 1.55 bits per heavy atom. The van der Waals surface area contributed by atoms with Gasteiger partial charge >= 0.3 is 21.2 Å². The summed E-state index contributed by atoms with van der Waals surface area (Å²) in [7, 11) is -4.94. The van der Waals surface area contributed by atoms with E-state index in [1.165, 1.54) is 23.8 Å².